The number of ether oxygens (including phenoxy) is 2. The maximum absolute atomic E-state index is 12.8. The summed E-state index contributed by atoms with van der Waals surface area (Å²) in [6.45, 7) is 0.0657. The van der Waals surface area contributed by atoms with Crippen LogP contribution in [0.2, 0.25) is 0 Å². The summed E-state index contributed by atoms with van der Waals surface area (Å²) in [5, 5.41) is 0. The Hall–Kier alpha value is -3.25. The van der Waals surface area contributed by atoms with Gasteiger partial charge in [0.2, 0.25) is 0 Å². The van der Waals surface area contributed by atoms with Gasteiger partial charge in [0.1, 0.15) is 13.2 Å². The fourth-order valence-corrected chi connectivity index (χ4v) is 4.66. The molecule has 0 fully saturated rings. The molecule has 2 atom stereocenters. The summed E-state index contributed by atoms with van der Waals surface area (Å²) in [7, 11) is -4.14. The molecule has 0 bridgehead atoms. The van der Waals surface area contributed by atoms with Crippen LogP contribution in [-0.2, 0) is 48.0 Å². The molecule has 2 unspecified atom stereocenters. The van der Waals surface area contributed by atoms with Gasteiger partial charge in [-0.3, -0.25) is 14.2 Å². The molecule has 1 N–H and O–H groups in total. The van der Waals surface area contributed by atoms with Gasteiger partial charge in [-0.1, -0.05) is 91.0 Å². The Balaban J connectivity index is 1.58. The molecule has 0 spiro atoms. The van der Waals surface area contributed by atoms with Crippen LogP contribution in [0.15, 0.2) is 91.0 Å². The van der Waals surface area contributed by atoms with E-state index >= 15 is 0 Å². The zero-order valence-corrected chi connectivity index (χ0v) is 20.2. The third-order valence-electron chi connectivity index (χ3n) is 5.22. The molecule has 0 aliphatic heterocycles. The van der Waals surface area contributed by atoms with Gasteiger partial charge in [-0.05, 0) is 23.1 Å². The summed E-state index contributed by atoms with van der Waals surface area (Å²) in [6, 6.07) is 27.3. The number of rotatable bonds is 13. The molecule has 0 radical (unpaired) electrons. The summed E-state index contributed by atoms with van der Waals surface area (Å²) in [5.74, 6) is -2.18. The van der Waals surface area contributed by atoms with E-state index in [2.05, 4.69) is 0 Å². The summed E-state index contributed by atoms with van der Waals surface area (Å²) < 4.78 is 28.7. The zero-order valence-electron chi connectivity index (χ0n) is 19.3. The Kier molecular flexibility index (Phi) is 10.2. The number of carbonyl (C=O) groups excluding carboxylic acids is 2. The quantitative estimate of drug-likeness (QED) is 0.254. The summed E-state index contributed by atoms with van der Waals surface area (Å²) in [6.07, 6.45) is -0.559. The van der Waals surface area contributed by atoms with Crippen molar-refractivity contribution in [3.8, 4) is 0 Å². The third kappa shape index (κ3) is 9.87. The molecule has 8 heteroatoms. The Morgan fingerprint density at radius 1 is 0.714 bits per heavy atom. The second kappa shape index (κ2) is 13.6. The van der Waals surface area contributed by atoms with Crippen LogP contribution in [0.1, 0.15) is 29.5 Å². The van der Waals surface area contributed by atoms with Crippen LogP contribution in [-0.4, -0.2) is 23.0 Å². The normalized spacial score (nSPS) is 13.4. The minimum atomic E-state index is -4.14. The highest BCUT2D eigenvalue weighted by Gasteiger charge is 2.32. The molecular weight excluding hydrogens is 467 g/mol. The second-order valence-corrected chi connectivity index (χ2v) is 9.95. The van der Waals surface area contributed by atoms with Crippen molar-refractivity contribution in [1.29, 1.82) is 0 Å². The van der Waals surface area contributed by atoms with Crippen LogP contribution >= 0.6 is 7.60 Å². The predicted molar refractivity (Wildman–Crippen MR) is 131 cm³/mol. The molecule has 0 aliphatic carbocycles. The fraction of sp³-hybridized carbons (Fsp3) is 0.259. The first-order valence-corrected chi connectivity index (χ1v) is 13.1. The molecule has 3 aromatic carbocycles. The maximum atomic E-state index is 12.8. The SMILES string of the molecule is O=C(CCC(CP(=O)(O)OCc1ccccc1)C(=O)OCc1ccccc1)OCc1ccccc1. The molecule has 0 aliphatic rings. The molecule has 7 nitrogen and oxygen atoms in total. The van der Waals surface area contributed by atoms with E-state index in [1.807, 2.05) is 66.7 Å². The maximum Gasteiger partial charge on any atom is 0.329 e. The molecule has 184 valence electrons. The van der Waals surface area contributed by atoms with Gasteiger partial charge >= 0.3 is 19.5 Å². The van der Waals surface area contributed by atoms with Gasteiger partial charge in [0.25, 0.3) is 0 Å². The van der Waals surface area contributed by atoms with E-state index in [4.69, 9.17) is 14.0 Å². The van der Waals surface area contributed by atoms with E-state index in [-0.39, 0.29) is 32.7 Å². The molecule has 3 aromatic rings. The first kappa shape index (κ1) is 26.4. The minimum absolute atomic E-state index is 0.000489. The summed E-state index contributed by atoms with van der Waals surface area (Å²) in [4.78, 5) is 35.5. The van der Waals surface area contributed by atoms with Crippen molar-refractivity contribution < 1.29 is 33.0 Å². The number of esters is 2. The van der Waals surface area contributed by atoms with Crippen molar-refractivity contribution >= 4 is 19.5 Å². The molecule has 0 saturated heterocycles. The highest BCUT2D eigenvalue weighted by molar-refractivity contribution is 7.52. The highest BCUT2D eigenvalue weighted by Crippen LogP contribution is 2.45. The van der Waals surface area contributed by atoms with Crippen LogP contribution in [0, 0.1) is 5.92 Å². The molecule has 0 saturated carbocycles. The van der Waals surface area contributed by atoms with Gasteiger partial charge in [0.15, 0.2) is 0 Å². The number of carbonyl (C=O) groups is 2. The van der Waals surface area contributed by atoms with Crippen LogP contribution in [0.3, 0.4) is 0 Å². The van der Waals surface area contributed by atoms with Crippen LogP contribution in [0.5, 0.6) is 0 Å². The van der Waals surface area contributed by atoms with Gasteiger partial charge in [-0.2, -0.15) is 0 Å². The van der Waals surface area contributed by atoms with Crippen molar-refractivity contribution in [3.05, 3.63) is 108 Å². The lowest BCUT2D eigenvalue weighted by Crippen LogP contribution is -2.23. The molecule has 3 rings (SSSR count). The van der Waals surface area contributed by atoms with Gasteiger partial charge in [0.05, 0.1) is 18.7 Å². The lowest BCUT2D eigenvalue weighted by Gasteiger charge is -2.19. The van der Waals surface area contributed by atoms with Gasteiger partial charge in [0, 0.05) is 6.42 Å². The minimum Gasteiger partial charge on any atom is -0.461 e. The first-order valence-electron chi connectivity index (χ1n) is 11.3. The third-order valence-corrected chi connectivity index (χ3v) is 6.66. The van der Waals surface area contributed by atoms with E-state index in [1.54, 1.807) is 24.3 Å². The van der Waals surface area contributed by atoms with E-state index < -0.39 is 31.6 Å². The van der Waals surface area contributed by atoms with Crippen LogP contribution < -0.4 is 0 Å². The van der Waals surface area contributed by atoms with Gasteiger partial charge < -0.3 is 18.9 Å². The monoisotopic (exact) mass is 496 g/mol. The van der Waals surface area contributed by atoms with Crippen molar-refractivity contribution in [2.75, 3.05) is 6.16 Å². The van der Waals surface area contributed by atoms with Crippen molar-refractivity contribution in [2.24, 2.45) is 5.92 Å². The Morgan fingerprint density at radius 3 is 1.69 bits per heavy atom. The number of hydrogen-bond acceptors (Lipinski definition) is 6. The number of benzene rings is 3. The lowest BCUT2D eigenvalue weighted by atomic mass is 10.1. The average Bonchev–Trinajstić information content (AvgIpc) is 2.89. The fourth-order valence-electron chi connectivity index (χ4n) is 3.31. The Bertz CT molecular complexity index is 1100. The topological polar surface area (TPSA) is 99.1 Å². The number of hydrogen-bond donors (Lipinski definition) is 1. The van der Waals surface area contributed by atoms with E-state index in [0.717, 1.165) is 16.7 Å². The molecule has 0 amide bonds. The van der Waals surface area contributed by atoms with E-state index in [1.165, 1.54) is 0 Å². The largest absolute Gasteiger partial charge is 0.461 e. The van der Waals surface area contributed by atoms with Gasteiger partial charge in [-0.15, -0.1) is 0 Å². The smallest absolute Gasteiger partial charge is 0.329 e. The summed E-state index contributed by atoms with van der Waals surface area (Å²) in [5.41, 5.74) is 2.36. The average molecular weight is 496 g/mol. The predicted octanol–water partition coefficient (Wildman–Crippen LogP) is 5.27. The second-order valence-electron chi connectivity index (χ2n) is 8.05. The van der Waals surface area contributed by atoms with E-state index in [0.29, 0.717) is 0 Å². The van der Waals surface area contributed by atoms with Crippen LogP contribution in [0.25, 0.3) is 0 Å². The van der Waals surface area contributed by atoms with Crippen LogP contribution in [0.4, 0.5) is 0 Å². The standard InChI is InChI=1S/C27H29O7P/c28-26(32-18-22-10-4-1-5-11-22)17-16-25(27(29)33-19-23-12-6-2-7-13-23)21-35(30,31)34-20-24-14-8-3-9-15-24/h1-15,25H,16-21H2,(H,30,31). The summed E-state index contributed by atoms with van der Waals surface area (Å²) >= 11 is 0. The molecule has 0 aromatic heterocycles. The van der Waals surface area contributed by atoms with Gasteiger partial charge in [-0.25, -0.2) is 0 Å². The lowest BCUT2D eigenvalue weighted by molar-refractivity contribution is -0.150. The Morgan fingerprint density at radius 2 is 1.17 bits per heavy atom. The molecular formula is C27H29O7P. The van der Waals surface area contributed by atoms with Crippen molar-refractivity contribution in [2.45, 2.75) is 32.7 Å². The zero-order chi connectivity index (χ0) is 24.9. The first-order chi connectivity index (χ1) is 16.9. The molecule has 35 heavy (non-hydrogen) atoms. The highest BCUT2D eigenvalue weighted by atomic mass is 31.2. The van der Waals surface area contributed by atoms with Crippen molar-refractivity contribution in [3.63, 3.8) is 0 Å². The van der Waals surface area contributed by atoms with Crippen molar-refractivity contribution in [1.82, 2.24) is 0 Å². The molecule has 0 heterocycles. The Labute approximate surface area is 205 Å². The van der Waals surface area contributed by atoms with E-state index in [9.17, 15) is 19.0 Å².